The number of ether oxygens (including phenoxy) is 1. The van der Waals surface area contributed by atoms with Crippen LogP contribution in [0.1, 0.15) is 25.7 Å². The molecule has 4 nitrogen and oxygen atoms in total. The fraction of sp³-hybridized carbons (Fsp3) is 0.533. The molecule has 0 aromatic heterocycles. The minimum Gasteiger partial charge on any atom is -0.481 e. The molecule has 1 saturated carbocycles. The number of benzene rings is 1. The van der Waals surface area contributed by atoms with Gasteiger partial charge in [-0.05, 0) is 25.0 Å². The van der Waals surface area contributed by atoms with E-state index in [1.165, 1.54) is 4.90 Å². The largest absolute Gasteiger partial charge is 0.481 e. The Morgan fingerprint density at radius 1 is 1.38 bits per heavy atom. The summed E-state index contributed by atoms with van der Waals surface area (Å²) in [6.07, 6.45) is 2.81. The van der Waals surface area contributed by atoms with Gasteiger partial charge in [-0.3, -0.25) is 4.79 Å². The van der Waals surface area contributed by atoms with Crippen molar-refractivity contribution < 1.29 is 23.4 Å². The van der Waals surface area contributed by atoms with Gasteiger partial charge in [0.05, 0.1) is 12.1 Å². The first-order valence-corrected chi connectivity index (χ1v) is 7.00. The third-order valence-electron chi connectivity index (χ3n) is 3.83. The van der Waals surface area contributed by atoms with Gasteiger partial charge in [-0.1, -0.05) is 12.8 Å². The molecule has 0 heterocycles. The van der Waals surface area contributed by atoms with Crippen LogP contribution in [0.5, 0.6) is 5.75 Å². The number of carbonyl (C=O) groups is 1. The summed E-state index contributed by atoms with van der Waals surface area (Å²) >= 11 is 0. The van der Waals surface area contributed by atoms with E-state index in [9.17, 15) is 18.7 Å². The highest BCUT2D eigenvalue weighted by Crippen LogP contribution is 2.23. The zero-order valence-electron chi connectivity index (χ0n) is 11.9. The summed E-state index contributed by atoms with van der Waals surface area (Å²) in [6, 6.07) is 2.69. The Morgan fingerprint density at radius 2 is 2.10 bits per heavy atom. The van der Waals surface area contributed by atoms with Crippen LogP contribution in [-0.4, -0.2) is 41.7 Å². The number of aliphatic hydroxyl groups is 1. The monoisotopic (exact) mass is 299 g/mol. The molecule has 21 heavy (non-hydrogen) atoms. The van der Waals surface area contributed by atoms with Gasteiger partial charge in [0.1, 0.15) is 5.82 Å². The molecule has 1 N–H and O–H groups in total. The zero-order chi connectivity index (χ0) is 15.4. The maximum atomic E-state index is 13.4. The van der Waals surface area contributed by atoms with Crippen LogP contribution in [0.4, 0.5) is 8.78 Å². The molecule has 1 amide bonds. The Morgan fingerprint density at radius 3 is 2.76 bits per heavy atom. The quantitative estimate of drug-likeness (QED) is 0.926. The Bertz CT molecular complexity index is 510. The lowest BCUT2D eigenvalue weighted by molar-refractivity contribution is -0.137. The third-order valence-corrected chi connectivity index (χ3v) is 3.83. The molecule has 1 aliphatic rings. The van der Waals surface area contributed by atoms with E-state index >= 15 is 0 Å². The third kappa shape index (κ3) is 3.91. The molecule has 6 heteroatoms. The lowest BCUT2D eigenvalue weighted by atomic mass is 9.91. The Labute approximate surface area is 122 Å². The average Bonchev–Trinajstić information content (AvgIpc) is 2.46. The Balaban J connectivity index is 1.91. The number of hydrogen-bond donors (Lipinski definition) is 1. The number of aliphatic hydroxyl groups excluding tert-OH is 1. The normalized spacial score (nSPS) is 21.9. The molecule has 0 bridgehead atoms. The number of likely N-dealkylation sites (N-methyl/N-ethyl adjacent to an activating group) is 1. The van der Waals surface area contributed by atoms with E-state index in [0.29, 0.717) is 12.5 Å². The molecule has 2 unspecified atom stereocenters. The fourth-order valence-corrected chi connectivity index (χ4v) is 2.56. The lowest BCUT2D eigenvalue weighted by Crippen LogP contribution is -2.47. The molecular weight excluding hydrogens is 280 g/mol. The number of rotatable bonds is 4. The van der Waals surface area contributed by atoms with Crippen LogP contribution < -0.4 is 4.74 Å². The van der Waals surface area contributed by atoms with E-state index in [1.54, 1.807) is 7.05 Å². The highest BCUT2D eigenvalue weighted by Gasteiger charge is 2.29. The van der Waals surface area contributed by atoms with Crippen molar-refractivity contribution in [2.24, 2.45) is 0 Å². The Hall–Kier alpha value is -1.69. The van der Waals surface area contributed by atoms with E-state index in [0.717, 1.165) is 31.4 Å². The minimum atomic E-state index is -0.844. The van der Waals surface area contributed by atoms with Crippen molar-refractivity contribution in [1.29, 1.82) is 0 Å². The SMILES string of the molecule is CN(C(=O)COc1ccc(F)cc1F)C1CCCCC1O. The van der Waals surface area contributed by atoms with Crippen LogP contribution in [0, 0.1) is 11.6 Å². The van der Waals surface area contributed by atoms with Crippen molar-refractivity contribution in [3.05, 3.63) is 29.8 Å². The summed E-state index contributed by atoms with van der Waals surface area (Å²) in [6.45, 7) is -0.345. The number of carbonyl (C=O) groups excluding carboxylic acids is 1. The number of nitrogens with zero attached hydrogens (tertiary/aromatic N) is 1. The van der Waals surface area contributed by atoms with E-state index in [1.807, 2.05) is 0 Å². The molecule has 2 rings (SSSR count). The van der Waals surface area contributed by atoms with Crippen LogP contribution in [-0.2, 0) is 4.79 Å². The second-order valence-corrected chi connectivity index (χ2v) is 5.29. The smallest absolute Gasteiger partial charge is 0.260 e. The van der Waals surface area contributed by atoms with Gasteiger partial charge in [0, 0.05) is 13.1 Å². The van der Waals surface area contributed by atoms with Gasteiger partial charge in [-0.25, -0.2) is 8.78 Å². The average molecular weight is 299 g/mol. The number of amides is 1. The lowest BCUT2D eigenvalue weighted by Gasteiger charge is -2.35. The van der Waals surface area contributed by atoms with E-state index < -0.39 is 17.7 Å². The summed E-state index contributed by atoms with van der Waals surface area (Å²) in [5.74, 6) is -2.05. The standard InChI is InChI=1S/C15H19F2NO3/c1-18(12-4-2-3-5-13(12)19)15(20)9-21-14-7-6-10(16)8-11(14)17/h6-8,12-13,19H,2-5,9H2,1H3. The van der Waals surface area contributed by atoms with E-state index in [-0.39, 0.29) is 24.3 Å². The second kappa shape index (κ2) is 6.85. The maximum absolute atomic E-state index is 13.4. The van der Waals surface area contributed by atoms with E-state index in [2.05, 4.69) is 0 Å². The molecule has 1 aromatic carbocycles. The van der Waals surface area contributed by atoms with Crippen LogP contribution in [0.15, 0.2) is 18.2 Å². The molecule has 0 saturated heterocycles. The molecule has 0 radical (unpaired) electrons. The van der Waals surface area contributed by atoms with Crippen molar-refractivity contribution in [1.82, 2.24) is 4.90 Å². The minimum absolute atomic E-state index is 0.164. The predicted octanol–water partition coefficient (Wildman–Crippen LogP) is 2.11. The van der Waals surface area contributed by atoms with Crippen molar-refractivity contribution in [3.63, 3.8) is 0 Å². The van der Waals surface area contributed by atoms with Gasteiger partial charge in [0.2, 0.25) is 0 Å². The highest BCUT2D eigenvalue weighted by atomic mass is 19.1. The van der Waals surface area contributed by atoms with Crippen molar-refractivity contribution >= 4 is 5.91 Å². The van der Waals surface area contributed by atoms with Gasteiger partial charge < -0.3 is 14.7 Å². The van der Waals surface area contributed by atoms with Crippen molar-refractivity contribution in [3.8, 4) is 5.75 Å². The molecule has 1 fully saturated rings. The molecule has 2 atom stereocenters. The van der Waals surface area contributed by atoms with E-state index in [4.69, 9.17) is 4.74 Å². The summed E-state index contributed by atoms with van der Waals surface area (Å²) in [5, 5.41) is 9.91. The van der Waals surface area contributed by atoms with Crippen molar-refractivity contribution in [2.75, 3.05) is 13.7 Å². The van der Waals surface area contributed by atoms with Gasteiger partial charge in [-0.15, -0.1) is 0 Å². The molecule has 116 valence electrons. The van der Waals surface area contributed by atoms with Crippen LogP contribution in [0.3, 0.4) is 0 Å². The molecular formula is C15H19F2NO3. The van der Waals surface area contributed by atoms with Crippen LogP contribution in [0.2, 0.25) is 0 Å². The molecule has 1 aromatic rings. The van der Waals surface area contributed by atoms with Crippen LogP contribution in [0.25, 0.3) is 0 Å². The highest BCUT2D eigenvalue weighted by molar-refractivity contribution is 5.77. The van der Waals surface area contributed by atoms with Gasteiger partial charge >= 0.3 is 0 Å². The number of halogens is 2. The van der Waals surface area contributed by atoms with Gasteiger partial charge in [0.15, 0.2) is 18.2 Å². The molecule has 1 aliphatic carbocycles. The topological polar surface area (TPSA) is 49.8 Å². The summed E-state index contributed by atoms with van der Waals surface area (Å²) in [7, 11) is 1.60. The zero-order valence-corrected chi connectivity index (χ0v) is 11.9. The first kappa shape index (κ1) is 15.7. The fourth-order valence-electron chi connectivity index (χ4n) is 2.56. The summed E-state index contributed by atoms with van der Waals surface area (Å²) in [4.78, 5) is 13.5. The van der Waals surface area contributed by atoms with Crippen LogP contribution >= 0.6 is 0 Å². The second-order valence-electron chi connectivity index (χ2n) is 5.29. The van der Waals surface area contributed by atoms with Gasteiger partial charge in [0.25, 0.3) is 5.91 Å². The number of hydrogen-bond acceptors (Lipinski definition) is 3. The predicted molar refractivity (Wildman–Crippen MR) is 72.9 cm³/mol. The summed E-state index contributed by atoms with van der Waals surface area (Å²) < 4.78 is 31.2. The van der Waals surface area contributed by atoms with Gasteiger partial charge in [-0.2, -0.15) is 0 Å². The maximum Gasteiger partial charge on any atom is 0.260 e. The van der Waals surface area contributed by atoms with Crippen molar-refractivity contribution in [2.45, 2.75) is 37.8 Å². The first-order chi connectivity index (χ1) is 9.99. The Kier molecular flexibility index (Phi) is 5.12. The molecule has 0 spiro atoms. The first-order valence-electron chi connectivity index (χ1n) is 7.00. The molecule has 0 aliphatic heterocycles. The summed E-state index contributed by atoms with van der Waals surface area (Å²) in [5.41, 5.74) is 0.